The maximum Gasteiger partial charge on any atom is 0.498 e. The molecule has 2 N–H and O–H groups in total. The number of benzene rings is 1. The molecule has 1 aromatic carbocycles. The predicted octanol–water partition coefficient (Wildman–Crippen LogP) is 3.15. The maximum atomic E-state index is 11.2. The number of nitro benzene ring substituents is 1. The van der Waals surface area contributed by atoms with Gasteiger partial charge in [0.2, 0.25) is 0 Å². The lowest BCUT2D eigenvalue weighted by Crippen LogP contribution is -2.41. The molecular weight excluding hydrogens is 323 g/mol. The Balaban J connectivity index is 0.00000312. The van der Waals surface area contributed by atoms with Crippen LogP contribution in [0.3, 0.4) is 0 Å². The second-order valence-corrected chi connectivity index (χ2v) is 7.47. The van der Waals surface area contributed by atoms with E-state index in [4.69, 9.17) is 19.8 Å². The van der Waals surface area contributed by atoms with E-state index in [2.05, 4.69) is 0 Å². The first kappa shape index (κ1) is 21.2. The second-order valence-electron chi connectivity index (χ2n) is 7.47. The number of hydrogen-bond acceptors (Lipinski definition) is 6. The van der Waals surface area contributed by atoms with E-state index in [-0.39, 0.29) is 30.5 Å². The van der Waals surface area contributed by atoms with Crippen molar-refractivity contribution in [2.24, 2.45) is 5.92 Å². The summed E-state index contributed by atoms with van der Waals surface area (Å²) in [6, 6.07) is 2.95. The van der Waals surface area contributed by atoms with Crippen molar-refractivity contribution in [3.05, 3.63) is 22.2 Å². The first-order chi connectivity index (χ1) is 11.0. The molecule has 8 heteroatoms. The summed E-state index contributed by atoms with van der Waals surface area (Å²) in [4.78, 5) is 10.6. The fourth-order valence-electron chi connectivity index (χ4n) is 2.33. The zero-order chi connectivity index (χ0) is 18.3. The van der Waals surface area contributed by atoms with Crippen molar-refractivity contribution in [1.82, 2.24) is 0 Å². The van der Waals surface area contributed by atoms with Gasteiger partial charge in [-0.1, -0.05) is 27.3 Å². The zero-order valence-electron chi connectivity index (χ0n) is 15.1. The van der Waals surface area contributed by atoms with Gasteiger partial charge >= 0.3 is 7.12 Å². The van der Waals surface area contributed by atoms with Gasteiger partial charge < -0.3 is 19.8 Å². The Morgan fingerprint density at radius 3 is 2.20 bits per heavy atom. The van der Waals surface area contributed by atoms with Crippen LogP contribution in [0.5, 0.6) is 5.75 Å². The van der Waals surface area contributed by atoms with Gasteiger partial charge in [-0.05, 0) is 33.6 Å². The van der Waals surface area contributed by atoms with Crippen LogP contribution >= 0.6 is 0 Å². The molecule has 1 aliphatic rings. The molecule has 1 fully saturated rings. The number of nitrogens with zero attached hydrogens (tertiary/aromatic N) is 1. The van der Waals surface area contributed by atoms with Crippen molar-refractivity contribution in [2.45, 2.75) is 60.2 Å². The van der Waals surface area contributed by atoms with Gasteiger partial charge in [-0.25, -0.2) is 0 Å². The first-order valence-electron chi connectivity index (χ1n) is 8.01. The standard InChI is InChI=1S/C16H25BN2O5.CH4/c1-10(2)9-22-14-11(7-8-12(13(14)18)19(20)21)17-23-15(3,4)16(5,6)24-17;/h7-8,10H,9,18H2,1-6H3;1H4. The molecule has 0 spiro atoms. The Morgan fingerprint density at radius 1 is 1.24 bits per heavy atom. The number of hydrogen-bond donors (Lipinski definition) is 1. The van der Waals surface area contributed by atoms with E-state index < -0.39 is 23.2 Å². The third kappa shape index (κ3) is 4.07. The van der Waals surface area contributed by atoms with Crippen LogP contribution in [-0.2, 0) is 9.31 Å². The van der Waals surface area contributed by atoms with Crippen LogP contribution in [0.2, 0.25) is 0 Å². The van der Waals surface area contributed by atoms with Crippen LogP contribution in [-0.4, -0.2) is 29.9 Å². The number of nitrogens with two attached hydrogens (primary N) is 1. The molecule has 2 rings (SSSR count). The van der Waals surface area contributed by atoms with Gasteiger partial charge in [0, 0.05) is 11.5 Å². The van der Waals surface area contributed by atoms with E-state index in [9.17, 15) is 10.1 Å². The largest absolute Gasteiger partial charge is 0.498 e. The highest BCUT2D eigenvalue weighted by Gasteiger charge is 2.52. The number of nitrogen functional groups attached to an aromatic ring is 1. The summed E-state index contributed by atoms with van der Waals surface area (Å²) in [6.07, 6.45) is 0. The van der Waals surface area contributed by atoms with Gasteiger partial charge in [-0.3, -0.25) is 10.1 Å². The highest BCUT2D eigenvalue weighted by atomic mass is 16.7. The molecule has 0 aliphatic carbocycles. The summed E-state index contributed by atoms with van der Waals surface area (Å²) < 4.78 is 17.8. The third-order valence-electron chi connectivity index (χ3n) is 4.47. The number of ether oxygens (including phenoxy) is 1. The van der Waals surface area contributed by atoms with E-state index in [1.165, 1.54) is 6.07 Å². The average molecular weight is 352 g/mol. The predicted molar refractivity (Wildman–Crippen MR) is 100 cm³/mol. The topological polar surface area (TPSA) is 96.8 Å². The molecule has 1 saturated heterocycles. The highest BCUT2D eigenvalue weighted by Crippen LogP contribution is 2.39. The minimum absolute atomic E-state index is 0. The number of rotatable bonds is 5. The Hall–Kier alpha value is -1.80. The molecule has 140 valence electrons. The van der Waals surface area contributed by atoms with Gasteiger partial charge in [-0.15, -0.1) is 0 Å². The molecule has 0 bridgehead atoms. The summed E-state index contributed by atoms with van der Waals surface area (Å²) in [6.45, 7) is 12.1. The lowest BCUT2D eigenvalue weighted by Gasteiger charge is -2.32. The average Bonchev–Trinajstić information content (AvgIpc) is 2.64. The molecule has 0 radical (unpaired) electrons. The van der Waals surface area contributed by atoms with Crippen molar-refractivity contribution in [1.29, 1.82) is 0 Å². The lowest BCUT2D eigenvalue weighted by molar-refractivity contribution is -0.383. The van der Waals surface area contributed by atoms with Crippen molar-refractivity contribution in [3.8, 4) is 5.75 Å². The summed E-state index contributed by atoms with van der Waals surface area (Å²) in [5.74, 6) is 0.506. The molecule has 0 atom stereocenters. The van der Waals surface area contributed by atoms with Crippen molar-refractivity contribution >= 4 is 24.0 Å². The quantitative estimate of drug-likeness (QED) is 0.378. The molecule has 7 nitrogen and oxygen atoms in total. The van der Waals surface area contributed by atoms with Crippen LogP contribution in [0.25, 0.3) is 0 Å². The van der Waals surface area contributed by atoms with E-state index >= 15 is 0 Å². The SMILES string of the molecule is C.CC(C)COc1c(B2OC(C)(C)C(C)(C)O2)ccc([N+](=O)[O-])c1N. The normalized spacial score (nSPS) is 18.1. The fraction of sp³-hybridized carbons (Fsp3) is 0.647. The third-order valence-corrected chi connectivity index (χ3v) is 4.47. The molecule has 0 saturated carbocycles. The smallest absolute Gasteiger partial charge is 0.491 e. The summed E-state index contributed by atoms with van der Waals surface area (Å²) >= 11 is 0. The molecule has 1 heterocycles. The molecule has 0 amide bonds. The van der Waals surface area contributed by atoms with Crippen LogP contribution in [0.1, 0.15) is 49.0 Å². The van der Waals surface area contributed by atoms with Gasteiger partial charge in [0.05, 0.1) is 22.7 Å². The lowest BCUT2D eigenvalue weighted by atomic mass is 9.77. The molecular formula is C17H29BN2O5. The molecule has 25 heavy (non-hydrogen) atoms. The summed E-state index contributed by atoms with van der Waals surface area (Å²) in [7, 11) is -0.694. The summed E-state index contributed by atoms with van der Waals surface area (Å²) in [5.41, 5.74) is 5.32. The number of anilines is 1. The fourth-order valence-corrected chi connectivity index (χ4v) is 2.33. The van der Waals surface area contributed by atoms with E-state index in [1.54, 1.807) is 6.07 Å². The van der Waals surface area contributed by atoms with Gasteiger partial charge in [0.25, 0.3) is 5.69 Å². The Morgan fingerprint density at radius 2 is 1.76 bits per heavy atom. The van der Waals surface area contributed by atoms with E-state index in [1.807, 2.05) is 41.5 Å². The van der Waals surface area contributed by atoms with Crippen molar-refractivity contribution in [2.75, 3.05) is 12.3 Å². The van der Waals surface area contributed by atoms with Crippen molar-refractivity contribution < 1.29 is 19.0 Å². The van der Waals surface area contributed by atoms with E-state index in [0.29, 0.717) is 12.1 Å². The minimum atomic E-state index is -0.694. The Kier molecular flexibility index (Phi) is 6.13. The number of nitro groups is 1. The monoisotopic (exact) mass is 352 g/mol. The second kappa shape index (κ2) is 7.21. The minimum Gasteiger partial charge on any atom is -0.491 e. The molecule has 0 unspecified atom stereocenters. The van der Waals surface area contributed by atoms with Gasteiger partial charge in [0.15, 0.2) is 5.69 Å². The van der Waals surface area contributed by atoms with Crippen LogP contribution < -0.4 is 15.9 Å². The Labute approximate surface area is 150 Å². The zero-order valence-corrected chi connectivity index (χ0v) is 15.1. The molecule has 1 aliphatic heterocycles. The van der Waals surface area contributed by atoms with Crippen molar-refractivity contribution in [3.63, 3.8) is 0 Å². The van der Waals surface area contributed by atoms with Gasteiger partial charge in [-0.2, -0.15) is 0 Å². The van der Waals surface area contributed by atoms with E-state index in [0.717, 1.165) is 0 Å². The maximum absolute atomic E-state index is 11.2. The summed E-state index contributed by atoms with van der Waals surface area (Å²) in [5, 5.41) is 11.2. The molecule has 0 aromatic heterocycles. The Bertz CT molecular complexity index is 630. The van der Waals surface area contributed by atoms with Crippen LogP contribution in [0.4, 0.5) is 11.4 Å². The van der Waals surface area contributed by atoms with Gasteiger partial charge in [0.1, 0.15) is 5.75 Å². The van der Waals surface area contributed by atoms with Crippen LogP contribution in [0.15, 0.2) is 12.1 Å². The molecule has 1 aromatic rings. The highest BCUT2D eigenvalue weighted by molar-refractivity contribution is 6.63. The van der Waals surface area contributed by atoms with Crippen LogP contribution in [0, 0.1) is 16.0 Å². The first-order valence-corrected chi connectivity index (χ1v) is 8.01.